The van der Waals surface area contributed by atoms with E-state index in [0.717, 1.165) is 25.3 Å². The van der Waals surface area contributed by atoms with Gasteiger partial charge in [-0.25, -0.2) is 0 Å². The minimum absolute atomic E-state index is 0.434. The second-order valence-electron chi connectivity index (χ2n) is 7.53. The third-order valence-electron chi connectivity index (χ3n) is 5.72. The molecular formula is C25H20O4Ti. The number of rotatable bonds is 4. The number of allylic oxidation sites excluding steroid dienone is 8. The van der Waals surface area contributed by atoms with Crippen LogP contribution in [0, 0.1) is 0 Å². The Kier molecular flexibility index (Phi) is 4.89. The molecule has 0 atom stereocenters. The Morgan fingerprint density at radius 1 is 0.667 bits per heavy atom. The zero-order valence-corrected chi connectivity index (χ0v) is 17.9. The topological polar surface area (TPSA) is 52.6 Å². The Hall–Kier alpha value is -2.95. The van der Waals surface area contributed by atoms with Crippen LogP contribution in [-0.2, 0) is 24.0 Å². The monoisotopic (exact) mass is 432 g/mol. The van der Waals surface area contributed by atoms with Gasteiger partial charge in [0.2, 0.25) is 0 Å². The fourth-order valence-electron chi connectivity index (χ4n) is 4.31. The molecule has 148 valence electrons. The van der Waals surface area contributed by atoms with Crippen molar-refractivity contribution >= 4 is 11.9 Å². The van der Waals surface area contributed by atoms with Gasteiger partial charge in [-0.1, -0.05) is 0 Å². The molecule has 1 heterocycles. The summed E-state index contributed by atoms with van der Waals surface area (Å²) in [6, 6.07) is 17.8. The van der Waals surface area contributed by atoms with Gasteiger partial charge in [0.05, 0.1) is 0 Å². The molecule has 0 N–H and O–H groups in total. The molecule has 3 aliphatic rings. The summed E-state index contributed by atoms with van der Waals surface area (Å²) in [5.74, 6) is -0.869. The van der Waals surface area contributed by atoms with E-state index in [4.69, 9.17) is 6.64 Å². The molecule has 4 nitrogen and oxygen atoms in total. The predicted molar refractivity (Wildman–Crippen MR) is 110 cm³/mol. The fraction of sp³-hybridized carbons (Fsp3) is 0.120. The van der Waals surface area contributed by atoms with Gasteiger partial charge in [-0.15, -0.1) is 0 Å². The van der Waals surface area contributed by atoms with E-state index in [1.807, 2.05) is 12.1 Å². The zero-order chi connectivity index (χ0) is 20.6. The first-order valence-corrected chi connectivity index (χ1v) is 12.9. The Morgan fingerprint density at radius 3 is 1.53 bits per heavy atom. The van der Waals surface area contributed by atoms with Crippen LogP contribution >= 0.6 is 0 Å². The van der Waals surface area contributed by atoms with Gasteiger partial charge in [0.25, 0.3) is 0 Å². The SMILES string of the molecule is O=C([O][Ti]1([O]C(=O)c2ccccc2)[C]2=C(C=CC2)CC2=[C]1CC=C2)c1ccccc1. The number of carbonyl (C=O) groups excluding carboxylic acids is 2. The molecule has 0 unspecified atom stereocenters. The van der Waals surface area contributed by atoms with E-state index in [9.17, 15) is 9.59 Å². The molecule has 0 bridgehead atoms. The summed E-state index contributed by atoms with van der Waals surface area (Å²) in [4.78, 5) is 26.3. The van der Waals surface area contributed by atoms with Gasteiger partial charge >= 0.3 is 180 Å². The van der Waals surface area contributed by atoms with Crippen LogP contribution in [0.1, 0.15) is 40.0 Å². The molecule has 2 aromatic carbocycles. The van der Waals surface area contributed by atoms with Gasteiger partial charge in [0.15, 0.2) is 0 Å². The van der Waals surface area contributed by atoms with Gasteiger partial charge in [-0.2, -0.15) is 0 Å². The van der Waals surface area contributed by atoms with Gasteiger partial charge in [-0.05, 0) is 0 Å². The van der Waals surface area contributed by atoms with Gasteiger partial charge in [0, 0.05) is 0 Å². The summed E-state index contributed by atoms with van der Waals surface area (Å²) in [6.45, 7) is 0. The van der Waals surface area contributed by atoms with E-state index in [1.54, 1.807) is 48.5 Å². The van der Waals surface area contributed by atoms with E-state index in [1.165, 1.54) is 0 Å². The van der Waals surface area contributed by atoms with Crippen molar-refractivity contribution in [3.63, 3.8) is 0 Å². The Bertz CT molecular complexity index is 1050. The Morgan fingerprint density at radius 2 is 1.10 bits per heavy atom. The third-order valence-corrected chi connectivity index (χ3v) is 11.3. The molecule has 0 fully saturated rings. The first kappa shape index (κ1) is 19.0. The van der Waals surface area contributed by atoms with E-state index in [0.29, 0.717) is 24.0 Å². The van der Waals surface area contributed by atoms with Crippen LogP contribution < -0.4 is 0 Å². The minimum atomic E-state index is -4.19. The predicted octanol–water partition coefficient (Wildman–Crippen LogP) is 5.52. The van der Waals surface area contributed by atoms with Gasteiger partial charge in [-0.3, -0.25) is 0 Å². The second kappa shape index (κ2) is 7.71. The molecule has 0 radical (unpaired) electrons. The average Bonchev–Trinajstić information content (AvgIpc) is 3.45. The summed E-state index contributed by atoms with van der Waals surface area (Å²) >= 11 is -4.19. The normalized spacial score (nSPS) is 18.3. The van der Waals surface area contributed by atoms with Crippen molar-refractivity contribution in [1.29, 1.82) is 0 Å². The molecule has 0 aromatic heterocycles. The zero-order valence-electron chi connectivity index (χ0n) is 16.3. The summed E-state index contributed by atoms with van der Waals surface area (Å²) in [5, 5.41) is 0. The molecule has 5 heteroatoms. The first-order valence-electron chi connectivity index (χ1n) is 10.0. The van der Waals surface area contributed by atoms with Crippen LogP contribution in [-0.4, -0.2) is 11.9 Å². The van der Waals surface area contributed by atoms with Crippen molar-refractivity contribution in [2.24, 2.45) is 0 Å². The van der Waals surface area contributed by atoms with Crippen LogP contribution in [0.5, 0.6) is 0 Å². The maximum atomic E-state index is 13.2. The maximum absolute atomic E-state index is 13.2. The van der Waals surface area contributed by atoms with Crippen molar-refractivity contribution in [3.8, 4) is 0 Å². The first-order chi connectivity index (χ1) is 14.7. The number of hydrogen-bond acceptors (Lipinski definition) is 4. The summed E-state index contributed by atoms with van der Waals surface area (Å²) in [7, 11) is 0. The second-order valence-corrected chi connectivity index (χ2v) is 12.0. The summed E-state index contributed by atoms with van der Waals surface area (Å²) < 4.78 is 14.6. The average molecular weight is 432 g/mol. The van der Waals surface area contributed by atoms with E-state index >= 15 is 0 Å². The van der Waals surface area contributed by atoms with Crippen LogP contribution in [0.4, 0.5) is 0 Å². The molecule has 0 amide bonds. The number of benzene rings is 2. The molecular weight excluding hydrogens is 412 g/mol. The van der Waals surface area contributed by atoms with Crippen LogP contribution in [0.15, 0.2) is 104 Å². The quantitative estimate of drug-likeness (QED) is 0.598. The van der Waals surface area contributed by atoms with Crippen LogP contribution in [0.25, 0.3) is 0 Å². The molecule has 0 saturated heterocycles. The van der Waals surface area contributed by atoms with E-state index < -0.39 is 29.3 Å². The molecule has 1 aliphatic heterocycles. The molecule has 0 saturated carbocycles. The van der Waals surface area contributed by atoms with Crippen molar-refractivity contribution < 1.29 is 33.6 Å². The van der Waals surface area contributed by atoms with Crippen molar-refractivity contribution in [1.82, 2.24) is 0 Å². The summed E-state index contributed by atoms with van der Waals surface area (Å²) in [6.07, 6.45) is 10.4. The van der Waals surface area contributed by atoms with Crippen molar-refractivity contribution in [2.75, 3.05) is 0 Å². The van der Waals surface area contributed by atoms with Crippen LogP contribution in [0.3, 0.4) is 0 Å². The fourth-order valence-corrected chi connectivity index (χ4v) is 9.96. The van der Waals surface area contributed by atoms with Gasteiger partial charge < -0.3 is 0 Å². The standard InChI is InChI=1S/C11H10.2C7H6O2.Ti/c1-2-6-10(5-1)9-11-7-3-4-8-11;2*8-7(9)6-4-2-1-3-5-6;/h1,3,5,7H,2,4,9H2;2*1-5H,(H,8,9);/q;;;+2/p-2. The Labute approximate surface area is 179 Å². The van der Waals surface area contributed by atoms with Crippen molar-refractivity contribution in [2.45, 2.75) is 19.3 Å². The molecule has 5 rings (SSSR count). The Balaban J connectivity index is 1.59. The van der Waals surface area contributed by atoms with E-state index in [-0.39, 0.29) is 0 Å². The molecule has 2 aliphatic carbocycles. The van der Waals surface area contributed by atoms with E-state index in [2.05, 4.69) is 24.3 Å². The molecule has 2 aromatic rings. The van der Waals surface area contributed by atoms with Crippen LogP contribution in [0.2, 0.25) is 0 Å². The number of hydrogen-bond donors (Lipinski definition) is 0. The third kappa shape index (κ3) is 3.22. The molecule has 0 spiro atoms. The number of carbonyl (C=O) groups is 2. The summed E-state index contributed by atoms with van der Waals surface area (Å²) in [5.41, 5.74) is 3.18. The molecule has 30 heavy (non-hydrogen) atoms. The van der Waals surface area contributed by atoms with Crippen molar-refractivity contribution in [3.05, 3.63) is 115 Å². The van der Waals surface area contributed by atoms with Gasteiger partial charge in [0.1, 0.15) is 0 Å².